The zero-order valence-electron chi connectivity index (χ0n) is 16.0. The van der Waals surface area contributed by atoms with Gasteiger partial charge in [0, 0.05) is 42.3 Å². The van der Waals surface area contributed by atoms with Crippen molar-refractivity contribution >= 4 is 39.9 Å². The number of nitrogens with two attached hydrogens (primary N) is 2. The molecule has 1 aromatic heterocycles. The third kappa shape index (κ3) is 4.26. The van der Waals surface area contributed by atoms with Crippen molar-refractivity contribution in [2.24, 2.45) is 5.73 Å². The van der Waals surface area contributed by atoms with E-state index in [4.69, 9.17) is 23.1 Å². The monoisotopic (exact) mass is 410 g/mol. The van der Waals surface area contributed by atoms with Crippen molar-refractivity contribution in [2.75, 3.05) is 36.8 Å². The van der Waals surface area contributed by atoms with Crippen molar-refractivity contribution in [3.8, 4) is 0 Å². The van der Waals surface area contributed by atoms with E-state index < -0.39 is 6.04 Å². The summed E-state index contributed by atoms with van der Waals surface area (Å²) in [5.74, 6) is 0.816. The first-order valence-corrected chi connectivity index (χ1v) is 9.93. The zero-order chi connectivity index (χ0) is 20.4. The van der Waals surface area contributed by atoms with Crippen LogP contribution in [0.15, 0.2) is 48.8 Å². The van der Waals surface area contributed by atoms with Gasteiger partial charge in [0.25, 0.3) is 0 Å². The lowest BCUT2D eigenvalue weighted by Crippen LogP contribution is -2.53. The number of hydrogen-bond acceptors (Lipinski definition) is 6. The van der Waals surface area contributed by atoms with Crippen LogP contribution in [0.2, 0.25) is 5.02 Å². The molecule has 1 aliphatic heterocycles. The number of nitrogen functional groups attached to an aromatic ring is 1. The Morgan fingerprint density at radius 3 is 2.52 bits per heavy atom. The van der Waals surface area contributed by atoms with E-state index in [0.29, 0.717) is 43.3 Å². The molecule has 2 heterocycles. The Balaban J connectivity index is 1.41. The number of piperazine rings is 1. The summed E-state index contributed by atoms with van der Waals surface area (Å²) >= 11 is 5.91. The Morgan fingerprint density at radius 1 is 1.07 bits per heavy atom. The average Bonchev–Trinajstić information content (AvgIpc) is 2.74. The predicted octanol–water partition coefficient (Wildman–Crippen LogP) is 2.08. The normalized spacial score (nSPS) is 15.5. The fraction of sp³-hybridized carbons (Fsp3) is 0.286. The smallest absolute Gasteiger partial charge is 0.239 e. The Bertz CT molecular complexity index is 1020. The second kappa shape index (κ2) is 8.23. The van der Waals surface area contributed by atoms with Crippen molar-refractivity contribution in [1.82, 2.24) is 14.9 Å². The maximum Gasteiger partial charge on any atom is 0.239 e. The van der Waals surface area contributed by atoms with Crippen LogP contribution in [0, 0.1) is 0 Å². The van der Waals surface area contributed by atoms with Gasteiger partial charge in [-0.1, -0.05) is 23.7 Å². The minimum absolute atomic E-state index is 0.0311. The van der Waals surface area contributed by atoms with Crippen molar-refractivity contribution in [1.29, 1.82) is 0 Å². The molecule has 0 bridgehead atoms. The second-order valence-electron chi connectivity index (χ2n) is 7.22. The van der Waals surface area contributed by atoms with E-state index in [1.807, 2.05) is 47.4 Å². The molecule has 8 heteroatoms. The molecule has 2 aromatic carbocycles. The van der Waals surface area contributed by atoms with Gasteiger partial charge >= 0.3 is 0 Å². The van der Waals surface area contributed by atoms with Crippen molar-refractivity contribution in [2.45, 2.75) is 12.5 Å². The minimum Gasteiger partial charge on any atom is -0.399 e. The van der Waals surface area contributed by atoms with Crippen LogP contribution in [-0.2, 0) is 11.2 Å². The highest BCUT2D eigenvalue weighted by Gasteiger charge is 2.26. The lowest BCUT2D eigenvalue weighted by Gasteiger charge is -2.36. The second-order valence-corrected chi connectivity index (χ2v) is 7.66. The van der Waals surface area contributed by atoms with Gasteiger partial charge in [-0.05, 0) is 42.3 Å². The van der Waals surface area contributed by atoms with Gasteiger partial charge in [0.2, 0.25) is 5.91 Å². The fourth-order valence-electron chi connectivity index (χ4n) is 3.65. The number of fused-ring (bicyclic) bond motifs is 1. The van der Waals surface area contributed by atoms with E-state index in [-0.39, 0.29) is 5.91 Å². The first-order valence-electron chi connectivity index (χ1n) is 9.55. The fourth-order valence-corrected chi connectivity index (χ4v) is 3.77. The Morgan fingerprint density at radius 2 is 1.79 bits per heavy atom. The molecule has 4 rings (SSSR count). The quantitative estimate of drug-likeness (QED) is 0.638. The largest absolute Gasteiger partial charge is 0.399 e. The van der Waals surface area contributed by atoms with Gasteiger partial charge in [-0.15, -0.1) is 0 Å². The van der Waals surface area contributed by atoms with Gasteiger partial charge < -0.3 is 21.3 Å². The van der Waals surface area contributed by atoms with Gasteiger partial charge in [-0.3, -0.25) is 4.79 Å². The number of carbonyl (C=O) groups is 1. The summed E-state index contributed by atoms with van der Waals surface area (Å²) in [6, 6.07) is 12.5. The molecule has 29 heavy (non-hydrogen) atoms. The molecule has 3 aromatic rings. The molecule has 0 saturated carbocycles. The van der Waals surface area contributed by atoms with Crippen LogP contribution < -0.4 is 16.4 Å². The molecular weight excluding hydrogens is 388 g/mol. The summed E-state index contributed by atoms with van der Waals surface area (Å²) in [5, 5.41) is 1.59. The number of carbonyl (C=O) groups excluding carboxylic acids is 1. The van der Waals surface area contributed by atoms with E-state index in [1.165, 1.54) is 0 Å². The number of amides is 1. The average molecular weight is 411 g/mol. The van der Waals surface area contributed by atoms with Crippen LogP contribution in [0.3, 0.4) is 0 Å². The molecule has 0 unspecified atom stereocenters. The molecular formula is C21H23ClN6O. The number of aromatic nitrogens is 2. The summed E-state index contributed by atoms with van der Waals surface area (Å²) in [6.45, 7) is 2.56. The molecule has 0 radical (unpaired) electrons. The third-order valence-corrected chi connectivity index (χ3v) is 5.47. The van der Waals surface area contributed by atoms with Crippen molar-refractivity contribution in [3.05, 3.63) is 59.4 Å². The summed E-state index contributed by atoms with van der Waals surface area (Å²) in [5.41, 5.74) is 14.7. The molecule has 1 fully saturated rings. The van der Waals surface area contributed by atoms with Crippen LogP contribution in [0.25, 0.3) is 10.9 Å². The third-order valence-electron chi connectivity index (χ3n) is 5.22. The first kappa shape index (κ1) is 19.4. The number of rotatable bonds is 4. The molecule has 0 spiro atoms. The number of hydrogen-bond donors (Lipinski definition) is 2. The zero-order valence-corrected chi connectivity index (χ0v) is 16.7. The van der Waals surface area contributed by atoms with Gasteiger partial charge in [0.1, 0.15) is 12.1 Å². The minimum atomic E-state index is -0.567. The van der Waals surface area contributed by atoms with Crippen LogP contribution in [0.5, 0.6) is 0 Å². The number of benzene rings is 2. The predicted molar refractivity (Wildman–Crippen MR) is 116 cm³/mol. The lowest BCUT2D eigenvalue weighted by molar-refractivity contribution is -0.132. The molecule has 7 nitrogen and oxygen atoms in total. The molecule has 0 aliphatic carbocycles. The highest BCUT2D eigenvalue weighted by Crippen LogP contribution is 2.25. The van der Waals surface area contributed by atoms with Crippen LogP contribution >= 0.6 is 11.6 Å². The van der Waals surface area contributed by atoms with E-state index >= 15 is 0 Å². The SMILES string of the molecule is Nc1ccc2ncnc(N3CCN(C(=O)[C@H](N)Cc4ccc(Cl)cc4)CC3)c2c1. The number of anilines is 2. The van der Waals surface area contributed by atoms with E-state index in [2.05, 4.69) is 14.9 Å². The summed E-state index contributed by atoms with van der Waals surface area (Å²) in [6.07, 6.45) is 2.06. The van der Waals surface area contributed by atoms with E-state index in [1.54, 1.807) is 6.33 Å². The van der Waals surface area contributed by atoms with Gasteiger partial charge in [-0.2, -0.15) is 0 Å². The lowest BCUT2D eigenvalue weighted by atomic mass is 10.1. The van der Waals surface area contributed by atoms with Crippen LogP contribution in [-0.4, -0.2) is 53.0 Å². The molecule has 1 aliphatic rings. The maximum atomic E-state index is 12.8. The first-order chi connectivity index (χ1) is 14.0. The Hall–Kier alpha value is -2.90. The van der Waals surface area contributed by atoms with Crippen molar-refractivity contribution in [3.63, 3.8) is 0 Å². The molecule has 1 amide bonds. The van der Waals surface area contributed by atoms with Crippen LogP contribution in [0.1, 0.15) is 5.56 Å². The molecule has 4 N–H and O–H groups in total. The highest BCUT2D eigenvalue weighted by atomic mass is 35.5. The molecule has 1 saturated heterocycles. The molecule has 150 valence electrons. The Labute approximate surface area is 174 Å². The highest BCUT2D eigenvalue weighted by molar-refractivity contribution is 6.30. The van der Waals surface area contributed by atoms with Gasteiger partial charge in [-0.25, -0.2) is 9.97 Å². The summed E-state index contributed by atoms with van der Waals surface area (Å²) in [4.78, 5) is 25.5. The van der Waals surface area contributed by atoms with Crippen LogP contribution in [0.4, 0.5) is 11.5 Å². The number of nitrogens with zero attached hydrogens (tertiary/aromatic N) is 4. The summed E-state index contributed by atoms with van der Waals surface area (Å²) in [7, 11) is 0. The van der Waals surface area contributed by atoms with E-state index in [9.17, 15) is 4.79 Å². The van der Waals surface area contributed by atoms with Gasteiger partial charge in [0.15, 0.2) is 0 Å². The standard InChI is InChI=1S/C21H23ClN6O/c22-15-3-1-14(2-4-15)11-18(24)21(29)28-9-7-27(8-10-28)20-17-12-16(23)5-6-19(17)25-13-26-20/h1-6,12-13,18H,7-11,23-24H2/t18-/m1/s1. The van der Waals surface area contributed by atoms with E-state index in [0.717, 1.165) is 22.3 Å². The van der Waals surface area contributed by atoms with Gasteiger partial charge in [0.05, 0.1) is 11.6 Å². The molecule has 1 atom stereocenters. The summed E-state index contributed by atoms with van der Waals surface area (Å²) < 4.78 is 0. The number of halogens is 1. The Kier molecular flexibility index (Phi) is 5.51. The van der Waals surface area contributed by atoms with Crippen molar-refractivity contribution < 1.29 is 4.79 Å². The topological polar surface area (TPSA) is 101 Å². The maximum absolute atomic E-state index is 12.8.